The zero-order valence-corrected chi connectivity index (χ0v) is 16.3. The van der Waals surface area contributed by atoms with Crippen molar-refractivity contribution in [1.29, 1.82) is 0 Å². The highest BCUT2D eigenvalue weighted by Crippen LogP contribution is 2.06. The Kier molecular flexibility index (Phi) is 6.93. The summed E-state index contributed by atoms with van der Waals surface area (Å²) < 4.78 is 26.5. The standard InChI is InChI=1S/C18H26N4O3S/c1-14-13-15(2)22(21-14)12-4-10-19-18(23)17-7-5-16(6-8-17)9-11-20-26(3,24)25/h5-8,13,20H,4,9-12H2,1-3H3,(H,19,23). The topological polar surface area (TPSA) is 93.1 Å². The molecule has 7 nitrogen and oxygen atoms in total. The molecule has 0 bridgehead atoms. The van der Waals surface area contributed by atoms with Crippen molar-refractivity contribution in [3.8, 4) is 0 Å². The SMILES string of the molecule is Cc1cc(C)n(CCCNC(=O)c2ccc(CCNS(C)(=O)=O)cc2)n1. The van der Waals surface area contributed by atoms with Gasteiger partial charge in [-0.1, -0.05) is 12.1 Å². The molecule has 0 saturated carbocycles. The van der Waals surface area contributed by atoms with Crippen LogP contribution in [0.1, 0.15) is 33.7 Å². The summed E-state index contributed by atoms with van der Waals surface area (Å²) in [7, 11) is -3.17. The van der Waals surface area contributed by atoms with Crippen LogP contribution in [0.15, 0.2) is 30.3 Å². The van der Waals surface area contributed by atoms with Crippen LogP contribution in [0.25, 0.3) is 0 Å². The molecule has 1 amide bonds. The lowest BCUT2D eigenvalue weighted by Gasteiger charge is -2.08. The van der Waals surface area contributed by atoms with E-state index >= 15 is 0 Å². The number of amides is 1. The summed E-state index contributed by atoms with van der Waals surface area (Å²) in [6.45, 7) is 5.68. The number of aromatic nitrogens is 2. The molecule has 0 fully saturated rings. The molecular formula is C18H26N4O3S. The number of benzene rings is 1. The minimum absolute atomic E-state index is 0.112. The molecule has 0 atom stereocenters. The van der Waals surface area contributed by atoms with Crippen LogP contribution in [0, 0.1) is 13.8 Å². The number of nitrogens with one attached hydrogen (secondary N) is 2. The van der Waals surface area contributed by atoms with Gasteiger partial charge in [0.1, 0.15) is 0 Å². The van der Waals surface area contributed by atoms with Crippen LogP contribution in [0.4, 0.5) is 0 Å². The first-order valence-electron chi connectivity index (χ1n) is 8.57. The predicted molar refractivity (Wildman–Crippen MR) is 102 cm³/mol. The summed E-state index contributed by atoms with van der Waals surface area (Å²) in [5, 5.41) is 7.30. The maximum absolute atomic E-state index is 12.2. The fourth-order valence-electron chi connectivity index (χ4n) is 2.64. The van der Waals surface area contributed by atoms with Crippen molar-refractivity contribution in [2.75, 3.05) is 19.3 Å². The van der Waals surface area contributed by atoms with Crippen molar-refractivity contribution in [2.24, 2.45) is 0 Å². The maximum Gasteiger partial charge on any atom is 0.251 e. The molecule has 1 aromatic carbocycles. The second kappa shape index (κ2) is 8.95. The fraction of sp³-hybridized carbons (Fsp3) is 0.444. The van der Waals surface area contributed by atoms with Gasteiger partial charge in [-0.3, -0.25) is 9.48 Å². The first-order chi connectivity index (χ1) is 12.2. The minimum atomic E-state index is -3.17. The van der Waals surface area contributed by atoms with Crippen molar-refractivity contribution >= 4 is 15.9 Å². The number of hydrogen-bond acceptors (Lipinski definition) is 4. The molecular weight excluding hydrogens is 352 g/mol. The van der Waals surface area contributed by atoms with Crippen LogP contribution in [-0.4, -0.2) is 43.5 Å². The zero-order valence-electron chi connectivity index (χ0n) is 15.4. The monoisotopic (exact) mass is 378 g/mol. The quantitative estimate of drug-likeness (QED) is 0.645. The molecule has 2 aromatic rings. The Hall–Kier alpha value is -2.19. The number of hydrogen-bond donors (Lipinski definition) is 2. The van der Waals surface area contributed by atoms with Crippen LogP contribution >= 0.6 is 0 Å². The predicted octanol–water partition coefficient (Wildman–Crippen LogP) is 1.41. The highest BCUT2D eigenvalue weighted by Gasteiger charge is 2.06. The van der Waals surface area contributed by atoms with Gasteiger partial charge in [0.15, 0.2) is 0 Å². The molecule has 0 aliphatic rings. The van der Waals surface area contributed by atoms with Gasteiger partial charge in [0, 0.05) is 30.9 Å². The Morgan fingerprint density at radius 3 is 2.42 bits per heavy atom. The first-order valence-corrected chi connectivity index (χ1v) is 10.5. The lowest BCUT2D eigenvalue weighted by Crippen LogP contribution is -2.25. The average Bonchev–Trinajstić information content (AvgIpc) is 2.88. The molecule has 142 valence electrons. The van der Waals surface area contributed by atoms with E-state index in [1.165, 1.54) is 0 Å². The van der Waals surface area contributed by atoms with Crippen molar-refractivity contribution in [3.05, 3.63) is 52.8 Å². The van der Waals surface area contributed by atoms with Gasteiger partial charge in [-0.15, -0.1) is 0 Å². The van der Waals surface area contributed by atoms with Crippen LogP contribution in [0.5, 0.6) is 0 Å². The van der Waals surface area contributed by atoms with Gasteiger partial charge in [-0.2, -0.15) is 5.10 Å². The van der Waals surface area contributed by atoms with Crippen LogP contribution < -0.4 is 10.0 Å². The van der Waals surface area contributed by atoms with Gasteiger partial charge in [0.2, 0.25) is 10.0 Å². The number of aryl methyl sites for hydroxylation is 3. The minimum Gasteiger partial charge on any atom is -0.352 e. The lowest BCUT2D eigenvalue weighted by atomic mass is 10.1. The molecule has 0 saturated heterocycles. The van der Waals surface area contributed by atoms with E-state index in [4.69, 9.17) is 0 Å². The smallest absolute Gasteiger partial charge is 0.251 e. The highest BCUT2D eigenvalue weighted by molar-refractivity contribution is 7.88. The third-order valence-electron chi connectivity index (χ3n) is 3.93. The Balaban J connectivity index is 1.74. The lowest BCUT2D eigenvalue weighted by molar-refractivity contribution is 0.0952. The van der Waals surface area contributed by atoms with Crippen molar-refractivity contribution in [3.63, 3.8) is 0 Å². The van der Waals surface area contributed by atoms with Gasteiger partial charge in [-0.05, 0) is 50.5 Å². The van der Waals surface area contributed by atoms with E-state index in [1.807, 2.05) is 36.7 Å². The number of carbonyl (C=O) groups excluding carboxylic acids is 1. The summed E-state index contributed by atoms with van der Waals surface area (Å²) in [6.07, 6.45) is 2.52. The third kappa shape index (κ3) is 6.61. The van der Waals surface area contributed by atoms with Gasteiger partial charge in [-0.25, -0.2) is 13.1 Å². The van der Waals surface area contributed by atoms with Crippen molar-refractivity contribution < 1.29 is 13.2 Å². The molecule has 26 heavy (non-hydrogen) atoms. The molecule has 0 radical (unpaired) electrons. The largest absolute Gasteiger partial charge is 0.352 e. The van der Waals surface area contributed by atoms with E-state index in [0.717, 1.165) is 36.2 Å². The van der Waals surface area contributed by atoms with E-state index in [2.05, 4.69) is 15.1 Å². The van der Waals surface area contributed by atoms with Crippen molar-refractivity contribution in [1.82, 2.24) is 19.8 Å². The Morgan fingerprint density at radius 2 is 1.85 bits per heavy atom. The van der Waals surface area contributed by atoms with Crippen molar-refractivity contribution in [2.45, 2.75) is 33.2 Å². The molecule has 2 rings (SSSR count). The highest BCUT2D eigenvalue weighted by atomic mass is 32.2. The number of carbonyl (C=O) groups is 1. The Bertz CT molecular complexity index is 842. The zero-order chi connectivity index (χ0) is 19.2. The summed E-state index contributed by atoms with van der Waals surface area (Å²) in [5.74, 6) is -0.112. The Labute approximate surface area is 154 Å². The molecule has 2 N–H and O–H groups in total. The summed E-state index contributed by atoms with van der Waals surface area (Å²) >= 11 is 0. The number of rotatable bonds is 9. The van der Waals surface area contributed by atoms with Crippen LogP contribution in [0.2, 0.25) is 0 Å². The molecule has 0 unspecified atom stereocenters. The second-order valence-electron chi connectivity index (χ2n) is 6.37. The normalized spacial score (nSPS) is 11.5. The van der Waals surface area contributed by atoms with Gasteiger partial charge in [0.25, 0.3) is 5.91 Å². The fourth-order valence-corrected chi connectivity index (χ4v) is 3.11. The number of nitrogens with zero attached hydrogens (tertiary/aromatic N) is 2. The average molecular weight is 378 g/mol. The van der Waals surface area contributed by atoms with Crippen LogP contribution in [0.3, 0.4) is 0 Å². The third-order valence-corrected chi connectivity index (χ3v) is 4.66. The van der Waals surface area contributed by atoms with E-state index in [0.29, 0.717) is 25.1 Å². The molecule has 0 spiro atoms. The van der Waals surface area contributed by atoms with Gasteiger partial charge < -0.3 is 5.32 Å². The second-order valence-corrected chi connectivity index (χ2v) is 8.21. The van der Waals surface area contributed by atoms with E-state index in [-0.39, 0.29) is 5.91 Å². The first kappa shape index (κ1) is 20.1. The summed E-state index contributed by atoms with van der Waals surface area (Å²) in [6, 6.07) is 9.23. The Morgan fingerprint density at radius 1 is 1.15 bits per heavy atom. The summed E-state index contributed by atoms with van der Waals surface area (Å²) in [5.41, 5.74) is 3.69. The van der Waals surface area contributed by atoms with Gasteiger partial charge >= 0.3 is 0 Å². The molecule has 1 heterocycles. The van der Waals surface area contributed by atoms with E-state index in [1.54, 1.807) is 12.1 Å². The molecule has 0 aliphatic carbocycles. The maximum atomic E-state index is 12.2. The molecule has 1 aromatic heterocycles. The summed E-state index contributed by atoms with van der Waals surface area (Å²) in [4.78, 5) is 12.2. The van der Waals surface area contributed by atoms with Gasteiger partial charge in [0.05, 0.1) is 11.9 Å². The molecule has 0 aliphatic heterocycles. The number of sulfonamides is 1. The molecule has 8 heteroatoms. The van der Waals surface area contributed by atoms with E-state index in [9.17, 15) is 13.2 Å². The van der Waals surface area contributed by atoms with E-state index < -0.39 is 10.0 Å². The van der Waals surface area contributed by atoms with Crippen LogP contribution in [-0.2, 0) is 23.0 Å².